The second-order valence-corrected chi connectivity index (χ2v) is 6.12. The Hall–Kier alpha value is -1.46. The van der Waals surface area contributed by atoms with E-state index in [0.29, 0.717) is 36.4 Å². The molecule has 1 unspecified atom stereocenters. The number of piperidine rings is 1. The van der Waals surface area contributed by atoms with Crippen LogP contribution in [0.15, 0.2) is 18.2 Å². The highest BCUT2D eigenvalue weighted by atomic mass is 35.5. The molecular formula is C18H29ClN2O3. The van der Waals surface area contributed by atoms with Crippen LogP contribution in [0.1, 0.15) is 33.1 Å². The highest BCUT2D eigenvalue weighted by Gasteiger charge is 2.22. The third kappa shape index (κ3) is 5.87. The summed E-state index contributed by atoms with van der Waals surface area (Å²) < 4.78 is 10.8. The molecule has 1 amide bonds. The van der Waals surface area contributed by atoms with Gasteiger partial charge in [-0.25, -0.2) is 0 Å². The smallest absolute Gasteiger partial charge is 0.224 e. The Morgan fingerprint density at radius 3 is 2.67 bits per heavy atom. The quantitative estimate of drug-likeness (QED) is 0.785. The van der Waals surface area contributed by atoms with Crippen LogP contribution in [-0.2, 0) is 4.79 Å². The van der Waals surface area contributed by atoms with Gasteiger partial charge in [-0.1, -0.05) is 6.92 Å². The maximum atomic E-state index is 12.3. The summed E-state index contributed by atoms with van der Waals surface area (Å²) >= 11 is 0. The zero-order valence-corrected chi connectivity index (χ0v) is 15.6. The van der Waals surface area contributed by atoms with E-state index in [9.17, 15) is 4.79 Å². The van der Waals surface area contributed by atoms with E-state index < -0.39 is 0 Å². The number of carbonyl (C=O) groups is 1. The molecule has 6 heteroatoms. The maximum Gasteiger partial charge on any atom is 0.224 e. The minimum Gasteiger partial charge on any atom is -0.493 e. The van der Waals surface area contributed by atoms with Gasteiger partial charge >= 0.3 is 0 Å². The third-order valence-corrected chi connectivity index (χ3v) is 4.44. The van der Waals surface area contributed by atoms with Gasteiger partial charge < -0.3 is 20.1 Å². The minimum atomic E-state index is 0. The van der Waals surface area contributed by atoms with E-state index in [1.807, 2.05) is 25.1 Å². The molecule has 5 nitrogen and oxygen atoms in total. The standard InChI is InChI=1S/C18H28N2O3.ClH/c1-4-23-17-12-15(5-6-16(17)22-3)20-18(21)11-13(2)14-7-9-19-10-8-14;/h5-6,12-14,19H,4,7-11H2,1-3H3,(H,20,21);1H. The van der Waals surface area contributed by atoms with Crippen LogP contribution in [0.25, 0.3) is 0 Å². The van der Waals surface area contributed by atoms with Crippen LogP contribution in [0.5, 0.6) is 11.5 Å². The van der Waals surface area contributed by atoms with Crippen LogP contribution in [0, 0.1) is 11.8 Å². The molecule has 0 aromatic heterocycles. The fraction of sp³-hybridized carbons (Fsp3) is 0.611. The molecule has 1 aromatic carbocycles. The predicted molar refractivity (Wildman–Crippen MR) is 99.4 cm³/mol. The number of anilines is 1. The summed E-state index contributed by atoms with van der Waals surface area (Å²) in [5, 5.41) is 6.34. The van der Waals surface area contributed by atoms with Crippen molar-refractivity contribution in [3.8, 4) is 11.5 Å². The van der Waals surface area contributed by atoms with Crippen LogP contribution in [0.2, 0.25) is 0 Å². The first-order valence-corrected chi connectivity index (χ1v) is 8.45. The fourth-order valence-corrected chi connectivity index (χ4v) is 3.11. The molecule has 0 aliphatic carbocycles. The lowest BCUT2D eigenvalue weighted by atomic mass is 9.84. The second-order valence-electron chi connectivity index (χ2n) is 6.12. The number of carbonyl (C=O) groups excluding carboxylic acids is 1. The molecule has 0 saturated carbocycles. The number of rotatable bonds is 7. The van der Waals surface area contributed by atoms with Gasteiger partial charge in [0.25, 0.3) is 0 Å². The fourth-order valence-electron chi connectivity index (χ4n) is 3.11. The SMILES string of the molecule is CCOc1cc(NC(=O)CC(C)C2CCNCC2)ccc1OC.Cl. The van der Waals surface area contributed by atoms with Crippen LogP contribution in [-0.4, -0.2) is 32.7 Å². The zero-order valence-electron chi connectivity index (χ0n) is 14.8. The molecule has 1 fully saturated rings. The summed E-state index contributed by atoms with van der Waals surface area (Å²) in [5.41, 5.74) is 0.747. The molecule has 1 heterocycles. The molecule has 1 aromatic rings. The average molecular weight is 357 g/mol. The molecule has 24 heavy (non-hydrogen) atoms. The van der Waals surface area contributed by atoms with E-state index in [2.05, 4.69) is 17.6 Å². The molecule has 136 valence electrons. The molecule has 2 rings (SSSR count). The monoisotopic (exact) mass is 356 g/mol. The van der Waals surface area contributed by atoms with Gasteiger partial charge in [-0.15, -0.1) is 12.4 Å². The number of amides is 1. The first kappa shape index (κ1) is 20.6. The highest BCUT2D eigenvalue weighted by Crippen LogP contribution is 2.30. The van der Waals surface area contributed by atoms with Crippen LogP contribution in [0.3, 0.4) is 0 Å². The van der Waals surface area contributed by atoms with Gasteiger partial charge in [0.05, 0.1) is 13.7 Å². The van der Waals surface area contributed by atoms with Crippen molar-refractivity contribution in [2.24, 2.45) is 11.8 Å². The van der Waals surface area contributed by atoms with Crippen molar-refractivity contribution in [1.29, 1.82) is 0 Å². The number of benzene rings is 1. The van der Waals surface area contributed by atoms with Crippen LogP contribution < -0.4 is 20.1 Å². The summed E-state index contributed by atoms with van der Waals surface area (Å²) in [4.78, 5) is 12.3. The van der Waals surface area contributed by atoms with Crippen molar-refractivity contribution in [3.05, 3.63) is 18.2 Å². The Bertz CT molecular complexity index is 519. The van der Waals surface area contributed by atoms with E-state index >= 15 is 0 Å². The molecule has 1 aliphatic rings. The Labute approximate surface area is 150 Å². The van der Waals surface area contributed by atoms with Gasteiger partial charge in [-0.05, 0) is 56.8 Å². The number of methoxy groups -OCH3 is 1. The normalized spacial score (nSPS) is 16.0. The summed E-state index contributed by atoms with van der Waals surface area (Å²) in [6.07, 6.45) is 2.87. The van der Waals surface area contributed by atoms with Crippen molar-refractivity contribution in [1.82, 2.24) is 5.32 Å². The maximum absolute atomic E-state index is 12.3. The Morgan fingerprint density at radius 2 is 2.04 bits per heavy atom. The first-order valence-electron chi connectivity index (χ1n) is 8.45. The molecular weight excluding hydrogens is 328 g/mol. The summed E-state index contributed by atoms with van der Waals surface area (Å²) in [6.45, 7) is 6.78. The van der Waals surface area contributed by atoms with Gasteiger partial charge in [-0.3, -0.25) is 4.79 Å². The summed E-state index contributed by atoms with van der Waals surface area (Å²) in [6, 6.07) is 5.47. The van der Waals surface area contributed by atoms with Crippen molar-refractivity contribution in [3.63, 3.8) is 0 Å². The Morgan fingerprint density at radius 1 is 1.33 bits per heavy atom. The second kappa shape index (κ2) is 10.4. The van der Waals surface area contributed by atoms with Gasteiger partial charge in [0.2, 0.25) is 5.91 Å². The Kier molecular flexibility index (Phi) is 8.93. The van der Waals surface area contributed by atoms with E-state index in [4.69, 9.17) is 9.47 Å². The Balaban J connectivity index is 0.00000288. The molecule has 0 radical (unpaired) electrons. The minimum absolute atomic E-state index is 0. The lowest BCUT2D eigenvalue weighted by molar-refractivity contribution is -0.117. The number of halogens is 1. The molecule has 1 atom stereocenters. The number of hydrogen-bond donors (Lipinski definition) is 2. The topological polar surface area (TPSA) is 59.6 Å². The predicted octanol–water partition coefficient (Wildman–Crippen LogP) is 3.48. The molecule has 0 spiro atoms. The lowest BCUT2D eigenvalue weighted by Crippen LogP contribution is -2.32. The van der Waals surface area contributed by atoms with Crippen molar-refractivity contribution < 1.29 is 14.3 Å². The van der Waals surface area contributed by atoms with E-state index in [-0.39, 0.29) is 18.3 Å². The number of hydrogen-bond acceptors (Lipinski definition) is 4. The molecule has 0 bridgehead atoms. The van der Waals surface area contributed by atoms with Crippen molar-refractivity contribution in [2.75, 3.05) is 32.1 Å². The molecule has 1 aliphatic heterocycles. The molecule has 2 N–H and O–H groups in total. The van der Waals surface area contributed by atoms with Gasteiger partial charge in [0, 0.05) is 18.2 Å². The van der Waals surface area contributed by atoms with Crippen molar-refractivity contribution in [2.45, 2.75) is 33.1 Å². The average Bonchev–Trinajstić information content (AvgIpc) is 2.56. The third-order valence-electron chi connectivity index (χ3n) is 4.44. The van der Waals surface area contributed by atoms with E-state index in [0.717, 1.165) is 31.6 Å². The van der Waals surface area contributed by atoms with Crippen molar-refractivity contribution >= 4 is 24.0 Å². The van der Waals surface area contributed by atoms with Gasteiger partial charge in [0.1, 0.15) is 0 Å². The summed E-state index contributed by atoms with van der Waals surface area (Å²) in [5.74, 6) is 2.43. The number of nitrogens with one attached hydrogen (secondary N) is 2. The van der Waals surface area contributed by atoms with Crippen LogP contribution in [0.4, 0.5) is 5.69 Å². The first-order chi connectivity index (χ1) is 11.1. The zero-order chi connectivity index (χ0) is 16.7. The largest absolute Gasteiger partial charge is 0.493 e. The van der Waals surface area contributed by atoms with E-state index in [1.165, 1.54) is 0 Å². The summed E-state index contributed by atoms with van der Waals surface area (Å²) in [7, 11) is 1.61. The highest BCUT2D eigenvalue weighted by molar-refractivity contribution is 5.91. The van der Waals surface area contributed by atoms with Crippen LogP contribution >= 0.6 is 12.4 Å². The lowest BCUT2D eigenvalue weighted by Gasteiger charge is -2.27. The number of ether oxygens (including phenoxy) is 2. The molecule has 1 saturated heterocycles. The van der Waals surface area contributed by atoms with Gasteiger partial charge in [-0.2, -0.15) is 0 Å². The van der Waals surface area contributed by atoms with Gasteiger partial charge in [0.15, 0.2) is 11.5 Å². The van der Waals surface area contributed by atoms with E-state index in [1.54, 1.807) is 7.11 Å².